The Morgan fingerprint density at radius 2 is 0.818 bits per heavy atom. The van der Waals surface area contributed by atoms with E-state index in [1.54, 1.807) is 75.1 Å². The topological polar surface area (TPSA) is 362 Å². The van der Waals surface area contributed by atoms with E-state index in [-0.39, 0.29) is 184 Å². The van der Waals surface area contributed by atoms with Gasteiger partial charge in [-0.3, -0.25) is 76.2 Å². The number of rotatable bonds is 15. The molecule has 5 amide bonds. The normalized spacial score (nSPS) is 18.8. The van der Waals surface area contributed by atoms with E-state index >= 15 is 31.5 Å². The van der Waals surface area contributed by atoms with Gasteiger partial charge in [-0.25, -0.2) is 45.3 Å². The molecule has 143 heavy (non-hydrogen) atoms. The average molecular weight is 1990 g/mol. The van der Waals surface area contributed by atoms with Crippen LogP contribution in [0.2, 0.25) is 5.02 Å². The van der Waals surface area contributed by atoms with Crippen molar-refractivity contribution >= 4 is 118 Å². The molecule has 4 saturated heterocycles. The summed E-state index contributed by atoms with van der Waals surface area (Å²) < 4.78 is 116. The highest BCUT2D eigenvalue weighted by atomic mass is 35.5. The molecule has 12 aromatic rings. The van der Waals surface area contributed by atoms with Crippen LogP contribution in [0.15, 0.2) is 162 Å². The Bertz CT molecular complexity index is 7660. The highest BCUT2D eigenvalue weighted by Gasteiger charge is 2.53. The highest BCUT2D eigenvalue weighted by Crippen LogP contribution is 2.51. The van der Waals surface area contributed by atoms with Crippen LogP contribution in [-0.4, -0.2) is 225 Å². The van der Waals surface area contributed by atoms with Crippen LogP contribution in [0.25, 0.3) is 83.9 Å². The number of amides is 5. The zero-order valence-corrected chi connectivity index (χ0v) is 82.8. The maximum Gasteiger partial charge on any atom is 0.283 e. The summed E-state index contributed by atoms with van der Waals surface area (Å²) in [7, 11) is -4.03. The van der Waals surface area contributed by atoms with E-state index in [0.717, 1.165) is 22.7 Å². The zero-order valence-electron chi connectivity index (χ0n) is 81.2. The molecule has 3 aromatic carbocycles. The largest absolute Gasteiger partial charge is 0.507 e. The summed E-state index contributed by atoms with van der Waals surface area (Å²) in [6.45, 7) is 38.1. The molecular weight excluding hydrogens is 1890 g/mol. The van der Waals surface area contributed by atoms with Crippen LogP contribution in [0, 0.1) is 49.9 Å². The molecule has 7 aliphatic heterocycles. The molecule has 32 nitrogen and oxygen atoms in total. The fraction of sp³-hybridized carbons (Fsp3) is 0.346. The number of anilines is 6. The molecular formula is C104H106ClF5N18O14S. The van der Waals surface area contributed by atoms with Crippen LogP contribution >= 0.6 is 11.6 Å². The zero-order chi connectivity index (χ0) is 103. The number of fused-ring (bicyclic) bond motifs is 15. The number of pyridine rings is 9. The molecule has 7 atom stereocenters. The van der Waals surface area contributed by atoms with Crippen molar-refractivity contribution in [3.8, 4) is 68.1 Å². The van der Waals surface area contributed by atoms with Crippen molar-refractivity contribution in [2.75, 3.05) is 94.1 Å². The average Bonchev–Trinajstić information content (AvgIpc) is 1.51. The van der Waals surface area contributed by atoms with Gasteiger partial charge in [0.05, 0.1) is 123 Å². The lowest BCUT2D eigenvalue weighted by molar-refractivity contribution is -0.132. The minimum absolute atomic E-state index is 0.000131. The van der Waals surface area contributed by atoms with Gasteiger partial charge in [0.2, 0.25) is 27.7 Å². The number of piperazine rings is 3. The number of aryl methyl sites for hydroxylation is 3. The standard InChI is InChI=1S/C36H36F2N6O5.C35H36F2N6O4.C33H34ClFN6O5S/c1-6-27(46)41-16-25-35(47)43(21-11-13-49-17-21)33-32(42(25)15-20(41)5)22-14-24(38)30(28-23(37)8-7-9-26(28)45)40-34(22)44(36(33)48)31-19(4)10-12-39-29(31)18(2)3;1-8-26(45)40-16-24-34(46)42(18(4)5)32-31(41(24)15-20(40)7)21-14-23(37)29(27-22(36)10-9-11-25(27)44)39-33(21)43(35(32)47)30-19(6)12-13-38-28(30)17(2)3;1-7-25(43)38-15-20-16-40(47(6,45)46)31-30(39(20)14-19(38)5)21-13-22(34)28(26-23(35)9-8-10-24(26)42)37-32(21)41(33(31)44)29-18(4)11-12-36-27(29)17(2)3/h6-10,12,14,18,20-21,25,45H,1,11,13,15-17H2,2-5H3;8-14,17-18,20,24,44H,1,15-16H2,2-7H3;7-13,17,19-20,42H,1,14-16H2,2-6H3. The van der Waals surface area contributed by atoms with Crippen molar-refractivity contribution in [1.82, 2.24) is 58.3 Å². The Kier molecular flexibility index (Phi) is 26.7. The van der Waals surface area contributed by atoms with Crippen LogP contribution < -0.4 is 45.5 Å². The van der Waals surface area contributed by atoms with Gasteiger partial charge >= 0.3 is 0 Å². The number of hydrogen-bond donors (Lipinski definition) is 3. The predicted molar refractivity (Wildman–Crippen MR) is 537 cm³/mol. The second kappa shape index (κ2) is 38.2. The molecule has 0 spiro atoms. The van der Waals surface area contributed by atoms with Crippen LogP contribution in [0.4, 0.5) is 56.1 Å². The number of halogens is 6. The molecule has 744 valence electrons. The Morgan fingerprint density at radius 3 is 1.20 bits per heavy atom. The highest BCUT2D eigenvalue weighted by molar-refractivity contribution is 7.92. The molecule has 19 rings (SSSR count). The first kappa shape index (κ1) is 99.8. The first-order valence-corrected chi connectivity index (χ1v) is 49.1. The number of sulfonamides is 1. The molecule has 0 radical (unpaired) electrons. The lowest BCUT2D eigenvalue weighted by Crippen LogP contribution is -2.68. The van der Waals surface area contributed by atoms with E-state index in [9.17, 15) is 52.5 Å². The molecule has 0 aliphatic carbocycles. The lowest BCUT2D eigenvalue weighted by atomic mass is 9.96. The van der Waals surface area contributed by atoms with E-state index in [2.05, 4.69) is 44.7 Å². The van der Waals surface area contributed by atoms with E-state index in [1.807, 2.05) is 88.0 Å². The van der Waals surface area contributed by atoms with E-state index < -0.39 is 132 Å². The number of phenolic OH excluding ortho intramolecular Hbond substituents is 3. The monoisotopic (exact) mass is 1990 g/mol. The molecule has 39 heteroatoms. The van der Waals surface area contributed by atoms with Crippen molar-refractivity contribution in [1.29, 1.82) is 0 Å². The second-order valence-corrected chi connectivity index (χ2v) is 40.4. The fourth-order valence-corrected chi connectivity index (χ4v) is 22.1. The van der Waals surface area contributed by atoms with Crippen molar-refractivity contribution < 1.29 is 74.4 Å². The van der Waals surface area contributed by atoms with Gasteiger partial charge in [0.15, 0.2) is 28.6 Å². The second-order valence-electron chi connectivity index (χ2n) is 38.1. The smallest absolute Gasteiger partial charge is 0.283 e. The van der Waals surface area contributed by atoms with Crippen LogP contribution in [-0.2, 0) is 38.7 Å². The van der Waals surface area contributed by atoms with E-state index in [0.29, 0.717) is 74.9 Å². The van der Waals surface area contributed by atoms with Gasteiger partial charge in [-0.1, -0.05) is 91.1 Å². The number of aromatic hydroxyl groups is 3. The Balaban J connectivity index is 0.000000147. The molecule has 9 aromatic heterocycles. The summed E-state index contributed by atoms with van der Waals surface area (Å²) >= 11 is 6.83. The molecule has 3 N–H and O–H groups in total. The molecule has 7 unspecified atom stereocenters. The van der Waals surface area contributed by atoms with Gasteiger partial charge in [-0.2, -0.15) is 0 Å². The maximum absolute atomic E-state index is 16.4. The van der Waals surface area contributed by atoms with Gasteiger partial charge in [-0.15, -0.1) is 0 Å². The quantitative estimate of drug-likeness (QED) is 0.0634. The van der Waals surface area contributed by atoms with Gasteiger partial charge in [0, 0.05) is 91.7 Å². The minimum Gasteiger partial charge on any atom is -0.507 e. The van der Waals surface area contributed by atoms with Gasteiger partial charge in [0.1, 0.15) is 75.2 Å². The number of carbonyl (C=O) groups excluding carboxylic acids is 5. The van der Waals surface area contributed by atoms with E-state index in [1.165, 1.54) is 102 Å². The summed E-state index contributed by atoms with van der Waals surface area (Å²) in [6.07, 6.45) is 10.0. The summed E-state index contributed by atoms with van der Waals surface area (Å²) in [6, 6.07) is 15.7. The molecule has 0 saturated carbocycles. The molecule has 16 heterocycles. The minimum atomic E-state index is -4.03. The van der Waals surface area contributed by atoms with Crippen LogP contribution in [0.3, 0.4) is 0 Å². The first-order valence-electron chi connectivity index (χ1n) is 46.9. The summed E-state index contributed by atoms with van der Waals surface area (Å²) in [5.41, 5.74) is 1.78. The number of hydrogen-bond acceptors (Lipinski definition) is 23. The predicted octanol–water partition coefficient (Wildman–Crippen LogP) is 14.5. The Hall–Kier alpha value is -14.8. The third-order valence-corrected chi connectivity index (χ3v) is 28.9. The summed E-state index contributed by atoms with van der Waals surface area (Å²) in [4.78, 5) is 153. The summed E-state index contributed by atoms with van der Waals surface area (Å²) in [5, 5.41) is 32.7. The Morgan fingerprint density at radius 1 is 0.455 bits per heavy atom. The van der Waals surface area contributed by atoms with Gasteiger partial charge < -0.3 is 54.4 Å². The number of aromatic nitrogens is 9. The van der Waals surface area contributed by atoms with Crippen molar-refractivity contribution in [3.63, 3.8) is 0 Å². The lowest BCUT2D eigenvalue weighted by Gasteiger charge is -2.51. The number of carbonyl (C=O) groups is 5. The number of phenols is 3. The van der Waals surface area contributed by atoms with Crippen LogP contribution in [0.5, 0.6) is 17.2 Å². The molecule has 7 aliphatic rings. The van der Waals surface area contributed by atoms with E-state index in [4.69, 9.17) is 21.3 Å². The van der Waals surface area contributed by atoms with Gasteiger partial charge in [-0.05, 0) is 187 Å². The van der Waals surface area contributed by atoms with Gasteiger partial charge in [0.25, 0.3) is 28.5 Å². The third-order valence-electron chi connectivity index (χ3n) is 27.5. The molecule has 4 fully saturated rings. The summed E-state index contributed by atoms with van der Waals surface area (Å²) in [5.74, 6) is -8.05. The third kappa shape index (κ3) is 16.8. The fourth-order valence-electron chi connectivity index (χ4n) is 20.9. The number of benzene rings is 3. The SMILES string of the molecule is C=CC(=O)N1CC2C(=O)N(C(C)C)c3c(c4cc(F)c(-c5c(O)cccc5F)nc4n(-c4c(C)ccnc4C(C)C)c3=O)N2CC1C.C=CC(=O)N1CC2C(=O)N(C3CCOC3)c3c(c4cc(F)c(-c5c(O)cccc5F)nc4n(-c4c(C)ccnc4C(C)C)c3=O)N2CC1C.C=CC(=O)N1CC2CN(S(C)(=O)=O)c3c(c4cc(Cl)c(-c5c(O)cccc5F)nc4n(-c4c(C)ccnc4C(C)C)c3=O)N2CC1C. The number of ether oxygens (including phenoxy) is 1. The van der Waals surface area contributed by atoms with Crippen molar-refractivity contribution in [2.45, 2.75) is 169 Å². The number of nitrogens with zero attached hydrogens (tertiary/aromatic N) is 18. The van der Waals surface area contributed by atoms with Crippen molar-refractivity contribution in [2.24, 2.45) is 0 Å². The van der Waals surface area contributed by atoms with Crippen LogP contribution in [0.1, 0.15) is 134 Å². The maximum atomic E-state index is 16.4. The first-order chi connectivity index (χ1) is 67.9. The Labute approximate surface area is 824 Å². The molecule has 0 bridgehead atoms. The van der Waals surface area contributed by atoms with Crippen molar-refractivity contribution in [3.05, 3.63) is 246 Å².